The average Bonchev–Trinajstić information content (AvgIpc) is 2.69. The summed E-state index contributed by atoms with van der Waals surface area (Å²) in [5.41, 5.74) is 3.86. The Balaban J connectivity index is 1.96. The molecule has 2 aromatic rings. The highest BCUT2D eigenvalue weighted by Crippen LogP contribution is 2.37. The summed E-state index contributed by atoms with van der Waals surface area (Å²) in [6, 6.07) is 7.52. The van der Waals surface area contributed by atoms with Crippen molar-refractivity contribution in [2.75, 3.05) is 0 Å². The molecule has 1 saturated heterocycles. The van der Waals surface area contributed by atoms with Crippen molar-refractivity contribution < 1.29 is 13.7 Å². The van der Waals surface area contributed by atoms with Gasteiger partial charge in [-0.15, -0.1) is 0 Å². The van der Waals surface area contributed by atoms with Gasteiger partial charge in [0.1, 0.15) is 5.82 Å². The van der Waals surface area contributed by atoms with Crippen molar-refractivity contribution in [1.29, 1.82) is 0 Å². The molecule has 0 radical (unpaired) electrons. The maximum Gasteiger partial charge on any atom is 0.495 e. The van der Waals surface area contributed by atoms with Crippen LogP contribution in [0.15, 0.2) is 30.5 Å². The molecule has 3 nitrogen and oxygen atoms in total. The largest absolute Gasteiger partial charge is 0.495 e. The fourth-order valence-corrected chi connectivity index (χ4v) is 2.88. The molecule has 1 aliphatic rings. The third-order valence-corrected chi connectivity index (χ3v) is 5.14. The van der Waals surface area contributed by atoms with Gasteiger partial charge in [-0.2, -0.15) is 0 Å². The second kappa shape index (κ2) is 5.68. The number of aromatic nitrogens is 1. The summed E-state index contributed by atoms with van der Waals surface area (Å²) < 4.78 is 25.8. The zero-order chi connectivity index (χ0) is 17.7. The maximum absolute atomic E-state index is 13.5. The summed E-state index contributed by atoms with van der Waals surface area (Å²) in [7, 11) is -0.393. The molecule has 0 spiro atoms. The molecular weight excluding hydrogens is 304 g/mol. The number of halogens is 1. The monoisotopic (exact) mass is 327 g/mol. The first-order valence-electron chi connectivity index (χ1n) is 8.19. The van der Waals surface area contributed by atoms with Crippen molar-refractivity contribution in [3.63, 3.8) is 0 Å². The lowest BCUT2D eigenvalue weighted by atomic mass is 9.75. The van der Waals surface area contributed by atoms with E-state index in [9.17, 15) is 4.39 Å². The second-order valence-corrected chi connectivity index (χ2v) is 7.45. The molecule has 24 heavy (non-hydrogen) atoms. The first-order chi connectivity index (χ1) is 11.1. The average molecular weight is 327 g/mol. The fourth-order valence-electron chi connectivity index (χ4n) is 2.88. The summed E-state index contributed by atoms with van der Waals surface area (Å²) in [4.78, 5) is 4.10. The Morgan fingerprint density at radius 1 is 1.00 bits per heavy atom. The van der Waals surface area contributed by atoms with Gasteiger partial charge >= 0.3 is 7.12 Å². The minimum Gasteiger partial charge on any atom is -0.399 e. The smallest absolute Gasteiger partial charge is 0.399 e. The zero-order valence-electron chi connectivity index (χ0n) is 15.1. The predicted octanol–water partition coefficient (Wildman–Crippen LogP) is 3.80. The van der Waals surface area contributed by atoms with Crippen molar-refractivity contribution in [3.05, 3.63) is 47.5 Å². The molecule has 0 unspecified atom stereocenters. The van der Waals surface area contributed by atoms with Gasteiger partial charge in [0.05, 0.1) is 17.4 Å². The first kappa shape index (κ1) is 17.1. The number of nitrogens with zero attached hydrogens (tertiary/aromatic N) is 1. The first-order valence-corrected chi connectivity index (χ1v) is 8.19. The number of benzene rings is 1. The fraction of sp³-hybridized carbons (Fsp3) is 0.421. The van der Waals surface area contributed by atoms with E-state index in [-0.39, 0.29) is 17.0 Å². The van der Waals surface area contributed by atoms with Crippen molar-refractivity contribution in [1.82, 2.24) is 4.98 Å². The maximum atomic E-state index is 13.5. The van der Waals surface area contributed by atoms with E-state index in [0.29, 0.717) is 0 Å². The summed E-state index contributed by atoms with van der Waals surface area (Å²) in [5, 5.41) is 0. The van der Waals surface area contributed by atoms with Crippen LogP contribution in [0.3, 0.4) is 0 Å². The van der Waals surface area contributed by atoms with Crippen LogP contribution in [0, 0.1) is 19.7 Å². The minimum absolute atomic E-state index is 0.330. The Kier molecular flexibility index (Phi) is 4.05. The van der Waals surface area contributed by atoms with Crippen LogP contribution in [0.4, 0.5) is 4.39 Å². The summed E-state index contributed by atoms with van der Waals surface area (Å²) >= 11 is 0. The van der Waals surface area contributed by atoms with E-state index in [4.69, 9.17) is 9.31 Å². The minimum atomic E-state index is -0.393. The molecule has 1 aromatic carbocycles. The van der Waals surface area contributed by atoms with E-state index in [1.54, 1.807) is 0 Å². The van der Waals surface area contributed by atoms with Crippen LogP contribution in [-0.2, 0) is 9.31 Å². The van der Waals surface area contributed by atoms with Gasteiger partial charge in [0.2, 0.25) is 0 Å². The third kappa shape index (κ3) is 2.87. The van der Waals surface area contributed by atoms with E-state index < -0.39 is 7.12 Å². The van der Waals surface area contributed by atoms with Gasteiger partial charge in [-0.05, 0) is 58.6 Å². The van der Waals surface area contributed by atoms with Crippen LogP contribution in [0.1, 0.15) is 39.0 Å². The quantitative estimate of drug-likeness (QED) is 0.786. The predicted molar refractivity (Wildman–Crippen MR) is 94.8 cm³/mol. The molecule has 0 saturated carbocycles. The topological polar surface area (TPSA) is 31.4 Å². The van der Waals surface area contributed by atoms with Crippen LogP contribution < -0.4 is 5.46 Å². The Morgan fingerprint density at radius 2 is 1.62 bits per heavy atom. The number of aryl methyl sites for hydroxylation is 2. The van der Waals surface area contributed by atoms with Crippen LogP contribution in [0.5, 0.6) is 0 Å². The van der Waals surface area contributed by atoms with Gasteiger partial charge < -0.3 is 9.31 Å². The Hall–Kier alpha value is -1.72. The highest BCUT2D eigenvalue weighted by Gasteiger charge is 2.52. The summed E-state index contributed by atoms with van der Waals surface area (Å²) in [6.07, 6.45) is 1.24. The molecule has 0 amide bonds. The molecule has 5 heteroatoms. The number of hydrogen-bond donors (Lipinski definition) is 0. The molecule has 0 bridgehead atoms. The molecule has 1 fully saturated rings. The van der Waals surface area contributed by atoms with Crippen LogP contribution >= 0.6 is 0 Å². The molecule has 126 valence electrons. The lowest BCUT2D eigenvalue weighted by Crippen LogP contribution is -2.41. The van der Waals surface area contributed by atoms with E-state index in [1.807, 2.05) is 59.7 Å². The molecule has 0 atom stereocenters. The van der Waals surface area contributed by atoms with Crippen LogP contribution in [-0.4, -0.2) is 23.3 Å². The number of pyridine rings is 1. The van der Waals surface area contributed by atoms with Gasteiger partial charge in [0.25, 0.3) is 0 Å². The standard InChI is InChI=1S/C19H23BFNO2/c1-12-9-14(16-10-15(21)11-22-13(16)2)7-8-17(12)20-23-18(3,4)19(5,6)24-20/h7-11H,1-6H3. The third-order valence-electron chi connectivity index (χ3n) is 5.14. The van der Waals surface area contributed by atoms with Crippen molar-refractivity contribution in [3.8, 4) is 11.1 Å². The van der Waals surface area contributed by atoms with Gasteiger partial charge in [-0.25, -0.2) is 4.39 Å². The van der Waals surface area contributed by atoms with Crippen LogP contribution in [0.25, 0.3) is 11.1 Å². The highest BCUT2D eigenvalue weighted by molar-refractivity contribution is 6.62. The molecular formula is C19H23BFNO2. The van der Waals surface area contributed by atoms with Gasteiger partial charge in [-0.3, -0.25) is 4.98 Å². The molecule has 0 N–H and O–H groups in total. The Labute approximate surface area is 143 Å². The lowest BCUT2D eigenvalue weighted by molar-refractivity contribution is 0.00578. The molecule has 0 aliphatic carbocycles. The van der Waals surface area contributed by atoms with E-state index in [0.717, 1.165) is 27.8 Å². The van der Waals surface area contributed by atoms with Gasteiger partial charge in [0.15, 0.2) is 0 Å². The number of rotatable bonds is 2. The van der Waals surface area contributed by atoms with Gasteiger partial charge in [0, 0.05) is 11.3 Å². The number of hydrogen-bond acceptors (Lipinski definition) is 3. The molecule has 1 aliphatic heterocycles. The normalized spacial score (nSPS) is 18.9. The zero-order valence-corrected chi connectivity index (χ0v) is 15.1. The van der Waals surface area contributed by atoms with E-state index in [1.165, 1.54) is 12.3 Å². The molecule has 3 rings (SSSR count). The molecule has 2 heterocycles. The molecule has 1 aromatic heterocycles. The Bertz CT molecular complexity index is 773. The highest BCUT2D eigenvalue weighted by atomic mass is 19.1. The SMILES string of the molecule is Cc1cc(-c2cc(F)cnc2C)ccc1B1OC(C)(C)C(C)(C)O1. The van der Waals surface area contributed by atoms with Gasteiger partial charge in [-0.1, -0.05) is 23.8 Å². The van der Waals surface area contributed by atoms with Crippen LogP contribution in [0.2, 0.25) is 0 Å². The summed E-state index contributed by atoms with van der Waals surface area (Å²) in [5.74, 6) is -0.330. The Morgan fingerprint density at radius 3 is 2.21 bits per heavy atom. The second-order valence-electron chi connectivity index (χ2n) is 7.45. The summed E-state index contributed by atoms with van der Waals surface area (Å²) in [6.45, 7) is 12.1. The lowest BCUT2D eigenvalue weighted by Gasteiger charge is -2.32. The van der Waals surface area contributed by atoms with Crippen molar-refractivity contribution >= 4 is 12.6 Å². The van der Waals surface area contributed by atoms with E-state index >= 15 is 0 Å². The van der Waals surface area contributed by atoms with E-state index in [2.05, 4.69) is 4.98 Å². The van der Waals surface area contributed by atoms with Crippen molar-refractivity contribution in [2.24, 2.45) is 0 Å². The van der Waals surface area contributed by atoms with Crippen molar-refractivity contribution in [2.45, 2.75) is 52.7 Å².